The van der Waals surface area contributed by atoms with E-state index in [-0.39, 0.29) is 38.4 Å². The summed E-state index contributed by atoms with van der Waals surface area (Å²) in [4.78, 5) is 24.9. The summed E-state index contributed by atoms with van der Waals surface area (Å²) in [6, 6.07) is 14.2. The maximum Gasteiger partial charge on any atom is 0.306 e. The predicted octanol–water partition coefficient (Wildman–Crippen LogP) is 7.59. The van der Waals surface area contributed by atoms with Crippen LogP contribution in [0.3, 0.4) is 0 Å². The molecule has 0 amide bonds. The van der Waals surface area contributed by atoms with Gasteiger partial charge in [-0.1, -0.05) is 70.0 Å². The standard InChI is InChI=1S/C36H50O8/c1-6-11-17-33(37)43-27(22-39-9-4)24-41-35-29-15-13-14-16-30(29)36(32-21-26(8-3)19-20-31(32)35)42-25-28(23-40-10-5)44-34(38)18-12-7-2/h13-16,19-21,27-28H,6-12,17-18,22-25H2,1-5H3. The summed E-state index contributed by atoms with van der Waals surface area (Å²) in [7, 11) is 0. The maximum atomic E-state index is 12.5. The van der Waals surface area contributed by atoms with E-state index in [0.29, 0.717) is 37.6 Å². The number of hydrogen-bond acceptors (Lipinski definition) is 8. The third kappa shape index (κ3) is 10.4. The minimum absolute atomic E-state index is 0.150. The molecule has 0 heterocycles. The molecule has 0 radical (unpaired) electrons. The Morgan fingerprint density at radius 2 is 1.09 bits per heavy atom. The summed E-state index contributed by atoms with van der Waals surface area (Å²) in [6.07, 6.45) is 3.90. The van der Waals surface area contributed by atoms with Crippen LogP contribution in [0.4, 0.5) is 0 Å². The lowest BCUT2D eigenvalue weighted by Gasteiger charge is -2.23. The molecule has 0 aliphatic carbocycles. The van der Waals surface area contributed by atoms with Crippen molar-refractivity contribution in [1.29, 1.82) is 0 Å². The minimum atomic E-state index is -0.542. The molecule has 0 aliphatic rings. The highest BCUT2D eigenvalue weighted by molar-refractivity contribution is 6.11. The number of carbonyl (C=O) groups excluding carboxylic acids is 2. The highest BCUT2D eigenvalue weighted by atomic mass is 16.6. The van der Waals surface area contributed by atoms with Crippen LogP contribution in [0, 0.1) is 0 Å². The second-order valence-corrected chi connectivity index (χ2v) is 10.8. The summed E-state index contributed by atoms with van der Waals surface area (Å²) >= 11 is 0. The van der Waals surface area contributed by atoms with Crippen molar-refractivity contribution in [3.63, 3.8) is 0 Å². The number of unbranched alkanes of at least 4 members (excludes halogenated alkanes) is 2. The molecule has 0 fully saturated rings. The first-order chi connectivity index (χ1) is 21.4. The van der Waals surface area contributed by atoms with Gasteiger partial charge in [0.15, 0.2) is 12.2 Å². The highest BCUT2D eigenvalue weighted by Gasteiger charge is 2.22. The summed E-state index contributed by atoms with van der Waals surface area (Å²) in [5.74, 6) is 0.891. The average Bonchev–Trinajstić information content (AvgIpc) is 3.04. The fourth-order valence-corrected chi connectivity index (χ4v) is 4.89. The van der Waals surface area contributed by atoms with Crippen molar-refractivity contribution >= 4 is 33.5 Å². The van der Waals surface area contributed by atoms with E-state index in [1.165, 1.54) is 0 Å². The first-order valence-electron chi connectivity index (χ1n) is 16.2. The summed E-state index contributed by atoms with van der Waals surface area (Å²) in [5, 5.41) is 3.52. The molecule has 3 aromatic carbocycles. The van der Waals surface area contributed by atoms with Crippen molar-refractivity contribution < 1.29 is 38.0 Å². The van der Waals surface area contributed by atoms with Gasteiger partial charge in [-0.25, -0.2) is 0 Å². The van der Waals surface area contributed by atoms with Crippen molar-refractivity contribution in [2.45, 2.75) is 91.8 Å². The van der Waals surface area contributed by atoms with Crippen molar-refractivity contribution in [3.8, 4) is 11.5 Å². The van der Waals surface area contributed by atoms with Crippen molar-refractivity contribution in [2.24, 2.45) is 0 Å². The SMILES string of the molecule is CCCCC(=O)OC(COCC)COc1c2ccccc2c(OCC(COCC)OC(=O)CCCC)c2cc(CC)ccc12. The molecule has 0 N–H and O–H groups in total. The van der Waals surface area contributed by atoms with Gasteiger partial charge in [0.05, 0.1) is 13.2 Å². The Morgan fingerprint density at radius 1 is 0.614 bits per heavy atom. The van der Waals surface area contributed by atoms with Gasteiger partial charge in [-0.05, 0) is 44.7 Å². The van der Waals surface area contributed by atoms with Gasteiger partial charge in [-0.2, -0.15) is 0 Å². The number of aryl methyl sites for hydroxylation is 1. The first-order valence-corrected chi connectivity index (χ1v) is 16.2. The predicted molar refractivity (Wildman–Crippen MR) is 174 cm³/mol. The van der Waals surface area contributed by atoms with Crippen molar-refractivity contribution in [1.82, 2.24) is 0 Å². The molecular formula is C36H50O8. The van der Waals surface area contributed by atoms with Crippen LogP contribution in [0.5, 0.6) is 11.5 Å². The summed E-state index contributed by atoms with van der Waals surface area (Å²) < 4.78 is 35.8. The van der Waals surface area contributed by atoms with Gasteiger partial charge in [0.2, 0.25) is 0 Å². The molecule has 44 heavy (non-hydrogen) atoms. The number of ether oxygens (including phenoxy) is 6. The zero-order chi connectivity index (χ0) is 31.7. The van der Waals surface area contributed by atoms with E-state index in [1.807, 2.05) is 52.0 Å². The molecule has 8 heteroatoms. The van der Waals surface area contributed by atoms with E-state index in [9.17, 15) is 9.59 Å². The first kappa shape index (κ1) is 35.1. The molecule has 8 nitrogen and oxygen atoms in total. The summed E-state index contributed by atoms with van der Waals surface area (Å²) in [5.41, 5.74) is 1.15. The summed E-state index contributed by atoms with van der Waals surface area (Å²) in [6.45, 7) is 11.8. The molecule has 3 rings (SSSR count). The van der Waals surface area contributed by atoms with E-state index >= 15 is 0 Å². The lowest BCUT2D eigenvalue weighted by Crippen LogP contribution is -2.30. The number of carbonyl (C=O) groups is 2. The molecule has 0 saturated heterocycles. The lowest BCUT2D eigenvalue weighted by molar-refractivity contribution is -0.155. The van der Waals surface area contributed by atoms with Gasteiger partial charge in [0.25, 0.3) is 0 Å². The maximum absolute atomic E-state index is 12.5. The van der Waals surface area contributed by atoms with E-state index < -0.39 is 12.2 Å². The van der Waals surface area contributed by atoms with Gasteiger partial charge in [-0.15, -0.1) is 0 Å². The molecule has 2 atom stereocenters. The largest absolute Gasteiger partial charge is 0.488 e. The second-order valence-electron chi connectivity index (χ2n) is 10.8. The van der Waals surface area contributed by atoms with Crippen molar-refractivity contribution in [3.05, 3.63) is 48.0 Å². The molecular weight excluding hydrogens is 560 g/mol. The zero-order valence-electron chi connectivity index (χ0n) is 27.2. The van der Waals surface area contributed by atoms with Crippen LogP contribution in [0.1, 0.15) is 78.7 Å². The molecule has 0 aromatic heterocycles. The van der Waals surface area contributed by atoms with E-state index in [2.05, 4.69) is 25.1 Å². The molecule has 0 aliphatic heterocycles. The van der Waals surface area contributed by atoms with Crippen LogP contribution in [-0.2, 0) is 35.0 Å². The lowest BCUT2D eigenvalue weighted by atomic mass is 9.98. The van der Waals surface area contributed by atoms with Crippen LogP contribution in [0.15, 0.2) is 42.5 Å². The van der Waals surface area contributed by atoms with Crippen LogP contribution in [0.2, 0.25) is 0 Å². The topological polar surface area (TPSA) is 89.5 Å². The number of fused-ring (bicyclic) bond motifs is 2. The molecule has 3 aromatic rings. The third-order valence-electron chi connectivity index (χ3n) is 7.31. The quantitative estimate of drug-likeness (QED) is 0.0900. The molecule has 0 bridgehead atoms. The zero-order valence-corrected chi connectivity index (χ0v) is 27.2. The van der Waals surface area contributed by atoms with E-state index in [1.54, 1.807) is 0 Å². The van der Waals surface area contributed by atoms with Crippen molar-refractivity contribution in [2.75, 3.05) is 39.6 Å². The smallest absolute Gasteiger partial charge is 0.306 e. The van der Waals surface area contributed by atoms with Gasteiger partial charge in [0.1, 0.15) is 24.7 Å². The number of benzene rings is 3. The van der Waals surface area contributed by atoms with Gasteiger partial charge >= 0.3 is 11.9 Å². The Balaban J connectivity index is 1.97. The average molecular weight is 611 g/mol. The fraction of sp³-hybridized carbons (Fsp3) is 0.556. The Hall–Kier alpha value is -3.36. The second kappa shape index (κ2) is 19.1. The van der Waals surface area contributed by atoms with Crippen LogP contribution in [0.25, 0.3) is 21.5 Å². The van der Waals surface area contributed by atoms with Gasteiger partial charge in [-0.3, -0.25) is 9.59 Å². The number of esters is 2. The van der Waals surface area contributed by atoms with Gasteiger partial charge < -0.3 is 28.4 Å². The Kier molecular flexibility index (Phi) is 15.3. The molecule has 2 unspecified atom stereocenters. The monoisotopic (exact) mass is 610 g/mol. The Morgan fingerprint density at radius 3 is 1.55 bits per heavy atom. The number of rotatable bonds is 21. The number of hydrogen-bond donors (Lipinski definition) is 0. The van der Waals surface area contributed by atoms with Crippen LogP contribution in [-0.4, -0.2) is 63.8 Å². The van der Waals surface area contributed by atoms with Gasteiger partial charge in [0, 0.05) is 47.6 Å². The normalized spacial score (nSPS) is 12.7. The van der Waals surface area contributed by atoms with Crippen LogP contribution < -0.4 is 9.47 Å². The third-order valence-corrected chi connectivity index (χ3v) is 7.31. The molecule has 242 valence electrons. The minimum Gasteiger partial charge on any atom is -0.488 e. The Bertz CT molecular complexity index is 1320. The van der Waals surface area contributed by atoms with Crippen LogP contribution >= 0.6 is 0 Å². The Labute approximate surface area is 262 Å². The van der Waals surface area contributed by atoms with E-state index in [0.717, 1.165) is 59.2 Å². The van der Waals surface area contributed by atoms with E-state index in [4.69, 9.17) is 28.4 Å². The highest BCUT2D eigenvalue weighted by Crippen LogP contribution is 2.43. The molecule has 0 saturated carbocycles. The molecule has 0 spiro atoms. The fourth-order valence-electron chi connectivity index (χ4n) is 4.89.